The van der Waals surface area contributed by atoms with E-state index in [1.54, 1.807) is 7.11 Å². The van der Waals surface area contributed by atoms with E-state index >= 15 is 0 Å². The quantitative estimate of drug-likeness (QED) is 0.686. The fourth-order valence-electron chi connectivity index (χ4n) is 1.98. The first-order chi connectivity index (χ1) is 9.79. The Morgan fingerprint density at radius 1 is 1.40 bits per heavy atom. The summed E-state index contributed by atoms with van der Waals surface area (Å²) in [5.41, 5.74) is 1.04. The highest BCUT2D eigenvalue weighted by Crippen LogP contribution is 2.09. The second-order valence-electron chi connectivity index (χ2n) is 4.65. The molecule has 7 heteroatoms. The molecule has 1 amide bonds. The predicted molar refractivity (Wildman–Crippen MR) is 75.5 cm³/mol. The summed E-state index contributed by atoms with van der Waals surface area (Å²) in [6.45, 7) is 4.27. The van der Waals surface area contributed by atoms with Crippen LogP contribution < -0.4 is 15.5 Å². The number of nitrogens with zero attached hydrogens (tertiary/aromatic N) is 3. The van der Waals surface area contributed by atoms with Crippen LogP contribution in [0.2, 0.25) is 0 Å². The van der Waals surface area contributed by atoms with Gasteiger partial charge in [-0.3, -0.25) is 4.79 Å². The standard InChI is InChI=1S/C13H21N5O2/c1-20-7-4-14-8-11-9-16-13(17-10-11)18-5-2-12(19)15-3-6-18/h9-10,14H,2-8H2,1H3,(H,15,19). The topological polar surface area (TPSA) is 79.4 Å². The molecular weight excluding hydrogens is 258 g/mol. The minimum atomic E-state index is 0.0893. The number of ether oxygens (including phenoxy) is 1. The Morgan fingerprint density at radius 3 is 2.95 bits per heavy atom. The molecule has 0 aromatic carbocycles. The zero-order valence-corrected chi connectivity index (χ0v) is 11.8. The first-order valence-corrected chi connectivity index (χ1v) is 6.82. The zero-order valence-electron chi connectivity index (χ0n) is 11.8. The van der Waals surface area contributed by atoms with E-state index in [2.05, 4.69) is 20.6 Å². The molecule has 110 valence electrons. The van der Waals surface area contributed by atoms with Crippen molar-refractivity contribution in [3.63, 3.8) is 0 Å². The monoisotopic (exact) mass is 279 g/mol. The van der Waals surface area contributed by atoms with Crippen LogP contribution in [0.1, 0.15) is 12.0 Å². The van der Waals surface area contributed by atoms with Gasteiger partial charge in [-0.1, -0.05) is 0 Å². The van der Waals surface area contributed by atoms with Crippen molar-refractivity contribution < 1.29 is 9.53 Å². The maximum Gasteiger partial charge on any atom is 0.225 e. The van der Waals surface area contributed by atoms with Crippen molar-refractivity contribution in [2.45, 2.75) is 13.0 Å². The Morgan fingerprint density at radius 2 is 2.20 bits per heavy atom. The summed E-state index contributed by atoms with van der Waals surface area (Å²) in [5, 5.41) is 6.08. The average molecular weight is 279 g/mol. The molecule has 1 aromatic rings. The van der Waals surface area contributed by atoms with Crippen LogP contribution in [-0.2, 0) is 16.1 Å². The van der Waals surface area contributed by atoms with Crippen LogP contribution in [0.4, 0.5) is 5.95 Å². The molecule has 1 aliphatic rings. The van der Waals surface area contributed by atoms with Gasteiger partial charge in [-0.15, -0.1) is 0 Å². The fourth-order valence-corrected chi connectivity index (χ4v) is 1.98. The van der Waals surface area contributed by atoms with Gasteiger partial charge in [0.2, 0.25) is 11.9 Å². The molecule has 1 fully saturated rings. The summed E-state index contributed by atoms with van der Waals surface area (Å²) >= 11 is 0. The fraction of sp³-hybridized carbons (Fsp3) is 0.615. The van der Waals surface area contributed by atoms with Crippen LogP contribution in [-0.4, -0.2) is 55.8 Å². The largest absolute Gasteiger partial charge is 0.383 e. The van der Waals surface area contributed by atoms with Crippen LogP contribution >= 0.6 is 0 Å². The van der Waals surface area contributed by atoms with E-state index in [1.165, 1.54) is 0 Å². The van der Waals surface area contributed by atoms with E-state index in [1.807, 2.05) is 17.3 Å². The van der Waals surface area contributed by atoms with Crippen LogP contribution in [0.25, 0.3) is 0 Å². The van der Waals surface area contributed by atoms with E-state index in [0.717, 1.165) is 25.2 Å². The van der Waals surface area contributed by atoms with Gasteiger partial charge in [0.25, 0.3) is 0 Å². The van der Waals surface area contributed by atoms with Crippen molar-refractivity contribution in [1.29, 1.82) is 0 Å². The Balaban J connectivity index is 1.85. The van der Waals surface area contributed by atoms with Crippen molar-refractivity contribution in [3.05, 3.63) is 18.0 Å². The second-order valence-corrected chi connectivity index (χ2v) is 4.65. The molecule has 2 rings (SSSR count). The van der Waals surface area contributed by atoms with Gasteiger partial charge in [0.15, 0.2) is 0 Å². The normalized spacial score (nSPS) is 15.8. The Kier molecular flexibility index (Phi) is 5.69. The molecular formula is C13H21N5O2. The number of carbonyl (C=O) groups is 1. The summed E-state index contributed by atoms with van der Waals surface area (Å²) in [6.07, 6.45) is 4.13. The maximum absolute atomic E-state index is 11.3. The van der Waals surface area contributed by atoms with Crippen LogP contribution in [0.15, 0.2) is 12.4 Å². The van der Waals surface area contributed by atoms with E-state index < -0.39 is 0 Å². The minimum absolute atomic E-state index is 0.0893. The molecule has 7 nitrogen and oxygen atoms in total. The molecule has 2 N–H and O–H groups in total. The molecule has 20 heavy (non-hydrogen) atoms. The first kappa shape index (κ1) is 14.7. The van der Waals surface area contributed by atoms with E-state index in [4.69, 9.17) is 4.74 Å². The number of carbonyl (C=O) groups excluding carboxylic acids is 1. The third kappa shape index (κ3) is 4.43. The first-order valence-electron chi connectivity index (χ1n) is 6.82. The van der Waals surface area contributed by atoms with Crippen molar-refractivity contribution in [1.82, 2.24) is 20.6 Å². The lowest BCUT2D eigenvalue weighted by molar-refractivity contribution is -0.120. The lowest BCUT2D eigenvalue weighted by atomic mass is 10.3. The summed E-state index contributed by atoms with van der Waals surface area (Å²) in [7, 11) is 1.68. The molecule has 1 aromatic heterocycles. The Labute approximate surface area is 118 Å². The molecule has 0 atom stereocenters. The van der Waals surface area contributed by atoms with Crippen molar-refractivity contribution in [2.75, 3.05) is 44.8 Å². The third-order valence-corrected chi connectivity index (χ3v) is 3.10. The highest BCUT2D eigenvalue weighted by atomic mass is 16.5. The molecule has 0 bridgehead atoms. The Bertz CT molecular complexity index is 423. The van der Waals surface area contributed by atoms with Crippen LogP contribution in [0.3, 0.4) is 0 Å². The average Bonchev–Trinajstić information content (AvgIpc) is 2.69. The smallest absolute Gasteiger partial charge is 0.225 e. The van der Waals surface area contributed by atoms with Gasteiger partial charge in [-0.05, 0) is 0 Å². The van der Waals surface area contributed by atoms with Gasteiger partial charge >= 0.3 is 0 Å². The lowest BCUT2D eigenvalue weighted by Gasteiger charge is -2.19. The number of anilines is 1. The lowest BCUT2D eigenvalue weighted by Crippen LogP contribution is -2.29. The molecule has 1 saturated heterocycles. The number of aromatic nitrogens is 2. The number of rotatable bonds is 6. The molecule has 2 heterocycles. The second kappa shape index (κ2) is 7.76. The number of nitrogens with one attached hydrogen (secondary N) is 2. The molecule has 1 aliphatic heterocycles. The molecule has 0 spiro atoms. The van der Waals surface area contributed by atoms with Gasteiger partial charge in [0.1, 0.15) is 0 Å². The third-order valence-electron chi connectivity index (χ3n) is 3.10. The minimum Gasteiger partial charge on any atom is -0.383 e. The molecule has 0 saturated carbocycles. The molecule has 0 unspecified atom stereocenters. The van der Waals surface area contributed by atoms with Gasteiger partial charge < -0.3 is 20.3 Å². The van der Waals surface area contributed by atoms with Gasteiger partial charge in [0.05, 0.1) is 6.61 Å². The van der Waals surface area contributed by atoms with E-state index in [0.29, 0.717) is 32.1 Å². The molecule has 0 radical (unpaired) electrons. The van der Waals surface area contributed by atoms with Crippen LogP contribution in [0.5, 0.6) is 0 Å². The maximum atomic E-state index is 11.3. The number of hydrogen-bond donors (Lipinski definition) is 2. The van der Waals surface area contributed by atoms with E-state index in [-0.39, 0.29) is 5.91 Å². The number of amides is 1. The molecule has 0 aliphatic carbocycles. The van der Waals surface area contributed by atoms with Crippen molar-refractivity contribution >= 4 is 11.9 Å². The number of methoxy groups -OCH3 is 1. The predicted octanol–water partition coefficient (Wildman–Crippen LogP) is -0.461. The van der Waals surface area contributed by atoms with Gasteiger partial charge in [-0.2, -0.15) is 0 Å². The van der Waals surface area contributed by atoms with Gasteiger partial charge in [-0.25, -0.2) is 9.97 Å². The SMILES string of the molecule is COCCNCc1cnc(N2CCNC(=O)CC2)nc1. The van der Waals surface area contributed by atoms with Crippen molar-refractivity contribution in [2.24, 2.45) is 0 Å². The summed E-state index contributed by atoms with van der Waals surface area (Å²) in [4.78, 5) is 22.1. The highest BCUT2D eigenvalue weighted by Gasteiger charge is 2.15. The Hall–Kier alpha value is -1.73. The summed E-state index contributed by atoms with van der Waals surface area (Å²) in [6, 6.07) is 0. The van der Waals surface area contributed by atoms with Gasteiger partial charge in [0, 0.05) is 64.2 Å². The van der Waals surface area contributed by atoms with Crippen LogP contribution in [0, 0.1) is 0 Å². The highest BCUT2D eigenvalue weighted by molar-refractivity contribution is 5.76. The summed E-state index contributed by atoms with van der Waals surface area (Å²) in [5.74, 6) is 0.772. The number of hydrogen-bond acceptors (Lipinski definition) is 6. The zero-order chi connectivity index (χ0) is 14.2. The van der Waals surface area contributed by atoms with Crippen molar-refractivity contribution in [3.8, 4) is 0 Å². The summed E-state index contributed by atoms with van der Waals surface area (Å²) < 4.78 is 4.96. The van der Waals surface area contributed by atoms with E-state index in [9.17, 15) is 4.79 Å².